The quantitative estimate of drug-likeness (QED) is 0.455. The van der Waals surface area contributed by atoms with Gasteiger partial charge in [-0.2, -0.15) is 0 Å². The average molecular weight is 334 g/mol. The third kappa shape index (κ3) is 4.33. The molecular weight excluding hydrogens is 315 g/mol. The van der Waals surface area contributed by atoms with Crippen molar-refractivity contribution in [3.63, 3.8) is 0 Å². The van der Waals surface area contributed by atoms with Gasteiger partial charge in [0.05, 0.1) is 0 Å². The maximum absolute atomic E-state index is 13.0. The van der Waals surface area contributed by atoms with Crippen molar-refractivity contribution >= 4 is 23.6 Å². The molecule has 1 aromatic carbocycles. The number of aliphatic imine (C=N–C) groups is 1. The first-order valence-corrected chi connectivity index (χ1v) is 7.48. The number of amides is 2. The molecule has 0 aromatic heterocycles. The third-order valence-electron chi connectivity index (χ3n) is 3.16. The first kappa shape index (κ1) is 18.0. The Morgan fingerprint density at radius 1 is 1.21 bits per heavy atom. The molecule has 24 heavy (non-hydrogen) atoms. The molecule has 0 N–H and O–H groups in total. The molecule has 0 aliphatic carbocycles. The Hall–Kier alpha value is -2.38. The summed E-state index contributed by atoms with van der Waals surface area (Å²) in [7, 11) is 1.39. The fourth-order valence-corrected chi connectivity index (χ4v) is 2.11. The number of rotatable bonds is 6. The number of carbonyl (C=O) groups is 2. The number of imide groups is 1. The second-order valence-electron chi connectivity index (χ2n) is 5.68. The number of hydrogen-bond acceptors (Lipinski definition) is 5. The number of methoxy groups -OCH3 is 1. The topological polar surface area (TPSA) is 68.2 Å². The van der Waals surface area contributed by atoms with Gasteiger partial charge >= 0.3 is 5.91 Å². The summed E-state index contributed by atoms with van der Waals surface area (Å²) in [4.78, 5) is 34.0. The van der Waals surface area contributed by atoms with Crippen LogP contribution in [0.15, 0.2) is 35.0 Å². The van der Waals surface area contributed by atoms with Crippen LogP contribution in [0.4, 0.5) is 4.39 Å². The number of hydrogen-bond donors (Lipinski definition) is 0. The molecule has 1 aliphatic heterocycles. The van der Waals surface area contributed by atoms with Crippen LogP contribution >= 0.6 is 0 Å². The van der Waals surface area contributed by atoms with Crippen molar-refractivity contribution in [2.75, 3.05) is 13.9 Å². The van der Waals surface area contributed by atoms with Crippen LogP contribution in [0.2, 0.25) is 0 Å². The molecule has 0 atom stereocenters. The molecule has 0 fully saturated rings. The summed E-state index contributed by atoms with van der Waals surface area (Å²) in [5, 5.41) is 0.656. The van der Waals surface area contributed by atoms with Crippen LogP contribution in [0.1, 0.15) is 25.8 Å². The summed E-state index contributed by atoms with van der Waals surface area (Å²) in [5.41, 5.74) is 0.871. The highest BCUT2D eigenvalue weighted by Crippen LogP contribution is 2.20. The van der Waals surface area contributed by atoms with Crippen LogP contribution < -0.4 is 0 Å². The minimum Gasteiger partial charge on any atom is -0.356 e. The number of benzene rings is 1. The van der Waals surface area contributed by atoms with Crippen molar-refractivity contribution in [3.8, 4) is 0 Å². The summed E-state index contributed by atoms with van der Waals surface area (Å²) in [6, 6.07) is 5.60. The molecule has 0 bridgehead atoms. The van der Waals surface area contributed by atoms with Crippen LogP contribution in [0.25, 0.3) is 6.08 Å². The number of ether oxygens (including phenoxy) is 1. The molecule has 6 nitrogen and oxygen atoms in total. The molecule has 0 radical (unpaired) electrons. The molecule has 7 heteroatoms. The summed E-state index contributed by atoms with van der Waals surface area (Å²) in [6.45, 7) is 3.64. The molecule has 1 heterocycles. The SMILES string of the molecule is COCON1C(=O)C(CC(C)C)=N/C(=C\c2ccc(F)cc2)C1=O. The van der Waals surface area contributed by atoms with Gasteiger partial charge in [-0.25, -0.2) is 14.2 Å². The van der Waals surface area contributed by atoms with Gasteiger partial charge in [0, 0.05) is 7.11 Å². The van der Waals surface area contributed by atoms with Gasteiger partial charge in [0.1, 0.15) is 17.2 Å². The Balaban J connectivity index is 2.39. The molecule has 2 rings (SSSR count). The Labute approximate surface area is 139 Å². The zero-order valence-electron chi connectivity index (χ0n) is 13.8. The van der Waals surface area contributed by atoms with Crippen molar-refractivity contribution < 1.29 is 23.6 Å². The molecular formula is C17H19FN2O4. The summed E-state index contributed by atoms with van der Waals surface area (Å²) in [6.07, 6.45) is 1.89. The lowest BCUT2D eigenvalue weighted by Gasteiger charge is -2.25. The summed E-state index contributed by atoms with van der Waals surface area (Å²) >= 11 is 0. The van der Waals surface area contributed by atoms with E-state index in [1.165, 1.54) is 37.5 Å². The van der Waals surface area contributed by atoms with Gasteiger partial charge < -0.3 is 4.74 Å². The van der Waals surface area contributed by atoms with Crippen molar-refractivity contribution in [2.45, 2.75) is 20.3 Å². The number of hydroxylamine groups is 2. The fourth-order valence-electron chi connectivity index (χ4n) is 2.11. The second kappa shape index (κ2) is 7.94. The molecule has 0 saturated heterocycles. The monoisotopic (exact) mass is 334 g/mol. The van der Waals surface area contributed by atoms with Gasteiger partial charge in [0.25, 0.3) is 5.91 Å². The highest BCUT2D eigenvalue weighted by Gasteiger charge is 2.34. The Kier molecular flexibility index (Phi) is 5.94. The normalized spacial score (nSPS) is 17.0. The highest BCUT2D eigenvalue weighted by atomic mass is 19.1. The van der Waals surface area contributed by atoms with Gasteiger partial charge in [0.15, 0.2) is 6.79 Å². The van der Waals surface area contributed by atoms with Crippen molar-refractivity contribution in [1.29, 1.82) is 0 Å². The van der Waals surface area contributed by atoms with E-state index in [0.29, 0.717) is 17.0 Å². The minimum absolute atomic E-state index is 0.0490. The molecule has 1 aliphatic rings. The molecule has 128 valence electrons. The maximum Gasteiger partial charge on any atom is 0.303 e. The zero-order chi connectivity index (χ0) is 17.7. The van der Waals surface area contributed by atoms with Crippen molar-refractivity contribution in [1.82, 2.24) is 5.06 Å². The number of halogens is 1. The summed E-state index contributed by atoms with van der Waals surface area (Å²) < 4.78 is 17.8. The Morgan fingerprint density at radius 2 is 1.88 bits per heavy atom. The van der Waals surface area contributed by atoms with E-state index in [4.69, 9.17) is 9.57 Å². The molecule has 0 unspecified atom stereocenters. The van der Waals surface area contributed by atoms with E-state index in [1.54, 1.807) is 0 Å². The Morgan fingerprint density at radius 3 is 2.46 bits per heavy atom. The van der Waals surface area contributed by atoms with Gasteiger partial charge in [-0.1, -0.05) is 26.0 Å². The fraction of sp³-hybridized carbons (Fsp3) is 0.353. The first-order chi connectivity index (χ1) is 11.4. The largest absolute Gasteiger partial charge is 0.356 e. The van der Waals surface area contributed by atoms with E-state index in [0.717, 1.165) is 0 Å². The number of nitrogens with zero attached hydrogens (tertiary/aromatic N) is 2. The smallest absolute Gasteiger partial charge is 0.303 e. The van der Waals surface area contributed by atoms with Crippen LogP contribution in [0.3, 0.4) is 0 Å². The molecule has 0 saturated carbocycles. The lowest BCUT2D eigenvalue weighted by atomic mass is 10.0. The highest BCUT2D eigenvalue weighted by molar-refractivity contribution is 6.44. The average Bonchev–Trinajstić information content (AvgIpc) is 2.53. The van der Waals surface area contributed by atoms with Gasteiger partial charge in [-0.15, -0.1) is 5.06 Å². The van der Waals surface area contributed by atoms with Crippen molar-refractivity contribution in [2.24, 2.45) is 10.9 Å². The lowest BCUT2D eigenvalue weighted by molar-refractivity contribution is -0.213. The lowest BCUT2D eigenvalue weighted by Crippen LogP contribution is -2.45. The number of carbonyl (C=O) groups excluding carboxylic acids is 2. The van der Waals surface area contributed by atoms with E-state index in [2.05, 4.69) is 4.99 Å². The van der Waals surface area contributed by atoms with Crippen LogP contribution in [0, 0.1) is 11.7 Å². The van der Waals surface area contributed by atoms with Gasteiger partial charge in [-0.3, -0.25) is 9.59 Å². The van der Waals surface area contributed by atoms with E-state index >= 15 is 0 Å². The third-order valence-corrected chi connectivity index (χ3v) is 3.16. The summed E-state index contributed by atoms with van der Waals surface area (Å²) in [5.74, 6) is -1.48. The van der Waals surface area contributed by atoms with E-state index in [-0.39, 0.29) is 29.9 Å². The second-order valence-corrected chi connectivity index (χ2v) is 5.68. The van der Waals surface area contributed by atoms with E-state index < -0.39 is 11.8 Å². The van der Waals surface area contributed by atoms with E-state index in [1.807, 2.05) is 13.8 Å². The zero-order valence-corrected chi connectivity index (χ0v) is 13.8. The van der Waals surface area contributed by atoms with E-state index in [9.17, 15) is 14.0 Å². The van der Waals surface area contributed by atoms with Gasteiger partial charge in [0.2, 0.25) is 0 Å². The van der Waals surface area contributed by atoms with Crippen LogP contribution in [0.5, 0.6) is 0 Å². The van der Waals surface area contributed by atoms with Crippen molar-refractivity contribution in [3.05, 3.63) is 41.3 Å². The molecule has 0 spiro atoms. The predicted octanol–water partition coefficient (Wildman–Crippen LogP) is 2.56. The predicted molar refractivity (Wildman–Crippen MR) is 86.1 cm³/mol. The standard InChI is InChI=1S/C17H19FN2O4/c1-11(2)8-14-16(21)20(24-10-23-3)17(22)15(19-14)9-12-4-6-13(18)7-5-12/h4-7,9,11H,8,10H2,1-3H3/b15-9-. The van der Waals surface area contributed by atoms with Crippen LogP contribution in [-0.4, -0.2) is 36.5 Å². The maximum atomic E-state index is 13.0. The Bertz CT molecular complexity index is 680. The first-order valence-electron chi connectivity index (χ1n) is 7.48. The molecule has 2 amide bonds. The van der Waals surface area contributed by atoms with Crippen LogP contribution in [-0.2, 0) is 19.2 Å². The molecule has 1 aromatic rings. The van der Waals surface area contributed by atoms with Gasteiger partial charge in [-0.05, 0) is 36.1 Å². The minimum atomic E-state index is -0.686.